The fourth-order valence-electron chi connectivity index (χ4n) is 2.33. The quantitative estimate of drug-likeness (QED) is 0.496. The third kappa shape index (κ3) is 5.21. The first-order valence-corrected chi connectivity index (χ1v) is 8.92. The third-order valence-electron chi connectivity index (χ3n) is 3.66. The predicted molar refractivity (Wildman–Crippen MR) is 104 cm³/mol. The first kappa shape index (κ1) is 17.8. The van der Waals surface area contributed by atoms with Crippen LogP contribution in [0.5, 0.6) is 5.75 Å². The van der Waals surface area contributed by atoms with E-state index in [0.29, 0.717) is 18.2 Å². The summed E-state index contributed by atoms with van der Waals surface area (Å²) in [6.07, 6.45) is 0. The van der Waals surface area contributed by atoms with Crippen LogP contribution in [0.25, 0.3) is 0 Å². The van der Waals surface area contributed by atoms with Crippen LogP contribution in [0.3, 0.4) is 0 Å². The van der Waals surface area contributed by atoms with Gasteiger partial charge in [-0.25, -0.2) is 4.39 Å². The second-order valence-electron chi connectivity index (χ2n) is 5.53. The van der Waals surface area contributed by atoms with Gasteiger partial charge in [-0.1, -0.05) is 39.7 Å². The molecular formula is C20H16BrClFNO. The van der Waals surface area contributed by atoms with Crippen LogP contribution in [0.1, 0.15) is 11.1 Å². The molecule has 5 heteroatoms. The standard InChI is InChI=1S/C20H16BrClFNO/c21-16-3-10-20(25-13-14-1-4-17(22)5-2-14)15(11-16)12-24-19-8-6-18(23)7-9-19/h1-11,24H,12-13H2. The average Bonchev–Trinajstić information content (AvgIpc) is 2.62. The van der Waals surface area contributed by atoms with E-state index in [1.165, 1.54) is 12.1 Å². The molecular weight excluding hydrogens is 405 g/mol. The smallest absolute Gasteiger partial charge is 0.124 e. The molecule has 0 saturated carbocycles. The summed E-state index contributed by atoms with van der Waals surface area (Å²) in [5.41, 5.74) is 2.91. The van der Waals surface area contributed by atoms with Crippen molar-refractivity contribution in [3.63, 3.8) is 0 Å². The normalized spacial score (nSPS) is 10.5. The van der Waals surface area contributed by atoms with Crippen LogP contribution in [0.4, 0.5) is 10.1 Å². The van der Waals surface area contributed by atoms with Gasteiger partial charge in [0.2, 0.25) is 0 Å². The van der Waals surface area contributed by atoms with E-state index in [2.05, 4.69) is 21.2 Å². The Morgan fingerprint density at radius 3 is 2.40 bits per heavy atom. The Labute approximate surface area is 159 Å². The summed E-state index contributed by atoms with van der Waals surface area (Å²) in [5, 5.41) is 3.98. The van der Waals surface area contributed by atoms with E-state index < -0.39 is 0 Å². The van der Waals surface area contributed by atoms with Gasteiger partial charge in [-0.3, -0.25) is 0 Å². The Bertz CT molecular complexity index is 837. The third-order valence-corrected chi connectivity index (χ3v) is 4.40. The van der Waals surface area contributed by atoms with Crippen molar-refractivity contribution in [2.45, 2.75) is 13.2 Å². The van der Waals surface area contributed by atoms with Crippen molar-refractivity contribution in [1.29, 1.82) is 0 Å². The van der Waals surface area contributed by atoms with Crippen molar-refractivity contribution in [2.75, 3.05) is 5.32 Å². The van der Waals surface area contributed by atoms with Gasteiger partial charge in [0, 0.05) is 27.3 Å². The highest BCUT2D eigenvalue weighted by atomic mass is 79.9. The minimum Gasteiger partial charge on any atom is -0.489 e. The summed E-state index contributed by atoms with van der Waals surface area (Å²) in [6, 6.07) is 19.7. The van der Waals surface area contributed by atoms with Crippen LogP contribution in [0, 0.1) is 5.82 Å². The SMILES string of the molecule is Fc1ccc(NCc2cc(Br)ccc2OCc2ccc(Cl)cc2)cc1. The van der Waals surface area contributed by atoms with Gasteiger partial charge >= 0.3 is 0 Å². The first-order chi connectivity index (χ1) is 12.1. The number of hydrogen-bond acceptors (Lipinski definition) is 2. The molecule has 0 aliphatic heterocycles. The minimum absolute atomic E-state index is 0.250. The summed E-state index contributed by atoms with van der Waals surface area (Å²) in [6.45, 7) is 1.03. The second kappa shape index (κ2) is 8.37. The van der Waals surface area contributed by atoms with Gasteiger partial charge in [-0.2, -0.15) is 0 Å². The molecule has 0 fully saturated rings. The van der Waals surface area contributed by atoms with Gasteiger partial charge in [0.05, 0.1) is 0 Å². The van der Waals surface area contributed by atoms with Gasteiger partial charge in [0.25, 0.3) is 0 Å². The van der Waals surface area contributed by atoms with Crippen LogP contribution in [-0.4, -0.2) is 0 Å². The lowest BCUT2D eigenvalue weighted by atomic mass is 10.2. The van der Waals surface area contributed by atoms with E-state index in [0.717, 1.165) is 27.0 Å². The Morgan fingerprint density at radius 2 is 1.68 bits per heavy atom. The van der Waals surface area contributed by atoms with Crippen molar-refractivity contribution < 1.29 is 9.13 Å². The topological polar surface area (TPSA) is 21.3 Å². The maximum Gasteiger partial charge on any atom is 0.124 e. The summed E-state index contributed by atoms with van der Waals surface area (Å²) < 4.78 is 19.9. The first-order valence-electron chi connectivity index (χ1n) is 7.75. The van der Waals surface area contributed by atoms with E-state index >= 15 is 0 Å². The molecule has 128 valence electrons. The maximum absolute atomic E-state index is 13.0. The molecule has 0 radical (unpaired) electrons. The number of ether oxygens (including phenoxy) is 1. The largest absolute Gasteiger partial charge is 0.489 e. The molecule has 0 aromatic heterocycles. The lowest BCUT2D eigenvalue weighted by Gasteiger charge is -2.14. The molecule has 3 rings (SSSR count). The molecule has 2 nitrogen and oxygen atoms in total. The van der Waals surface area contributed by atoms with Crippen molar-refractivity contribution in [1.82, 2.24) is 0 Å². The van der Waals surface area contributed by atoms with Crippen LogP contribution in [0.2, 0.25) is 5.02 Å². The van der Waals surface area contributed by atoms with Gasteiger partial charge < -0.3 is 10.1 Å². The van der Waals surface area contributed by atoms with Crippen molar-refractivity contribution in [3.05, 3.63) is 93.2 Å². The number of nitrogens with one attached hydrogen (secondary N) is 1. The highest BCUT2D eigenvalue weighted by Crippen LogP contribution is 2.25. The van der Waals surface area contributed by atoms with Crippen LogP contribution < -0.4 is 10.1 Å². The molecule has 0 aliphatic rings. The van der Waals surface area contributed by atoms with Gasteiger partial charge in [-0.05, 0) is 60.2 Å². The van der Waals surface area contributed by atoms with Crippen molar-refractivity contribution in [3.8, 4) is 5.75 Å². The lowest BCUT2D eigenvalue weighted by molar-refractivity contribution is 0.303. The van der Waals surface area contributed by atoms with Gasteiger partial charge in [0.15, 0.2) is 0 Å². The van der Waals surface area contributed by atoms with Gasteiger partial charge in [-0.15, -0.1) is 0 Å². The monoisotopic (exact) mass is 419 g/mol. The minimum atomic E-state index is -0.250. The fourth-order valence-corrected chi connectivity index (χ4v) is 2.87. The van der Waals surface area contributed by atoms with Crippen LogP contribution in [-0.2, 0) is 13.2 Å². The fraction of sp³-hybridized carbons (Fsp3) is 0.100. The highest BCUT2D eigenvalue weighted by Gasteiger charge is 2.06. The summed E-state index contributed by atoms with van der Waals surface area (Å²) in [5.74, 6) is 0.549. The van der Waals surface area contributed by atoms with E-state index in [1.54, 1.807) is 12.1 Å². The molecule has 25 heavy (non-hydrogen) atoms. The summed E-state index contributed by atoms with van der Waals surface area (Å²) in [7, 11) is 0. The number of benzene rings is 3. The molecule has 0 amide bonds. The molecule has 0 heterocycles. The van der Waals surface area contributed by atoms with E-state index in [9.17, 15) is 4.39 Å². The molecule has 0 aliphatic carbocycles. The molecule has 3 aromatic carbocycles. The predicted octanol–water partition coefficient (Wildman–Crippen LogP) is 6.43. The van der Waals surface area contributed by atoms with Crippen molar-refractivity contribution >= 4 is 33.2 Å². The zero-order valence-electron chi connectivity index (χ0n) is 13.3. The van der Waals surface area contributed by atoms with E-state index in [-0.39, 0.29) is 5.82 Å². The molecule has 0 saturated heterocycles. The maximum atomic E-state index is 13.0. The van der Waals surface area contributed by atoms with E-state index in [4.69, 9.17) is 16.3 Å². The Kier molecular flexibility index (Phi) is 5.95. The Morgan fingerprint density at radius 1 is 0.960 bits per heavy atom. The molecule has 0 bridgehead atoms. The Balaban J connectivity index is 1.69. The lowest BCUT2D eigenvalue weighted by Crippen LogP contribution is -2.04. The van der Waals surface area contributed by atoms with E-state index in [1.807, 2.05) is 42.5 Å². The second-order valence-corrected chi connectivity index (χ2v) is 6.88. The average molecular weight is 421 g/mol. The number of hydrogen-bond donors (Lipinski definition) is 1. The summed E-state index contributed by atoms with van der Waals surface area (Å²) >= 11 is 9.39. The highest BCUT2D eigenvalue weighted by molar-refractivity contribution is 9.10. The molecule has 1 N–H and O–H groups in total. The zero-order valence-corrected chi connectivity index (χ0v) is 15.6. The number of anilines is 1. The molecule has 0 atom stereocenters. The number of rotatable bonds is 6. The van der Waals surface area contributed by atoms with Crippen LogP contribution >= 0.6 is 27.5 Å². The van der Waals surface area contributed by atoms with Crippen LogP contribution in [0.15, 0.2) is 71.2 Å². The molecule has 0 spiro atoms. The van der Waals surface area contributed by atoms with Crippen molar-refractivity contribution in [2.24, 2.45) is 0 Å². The van der Waals surface area contributed by atoms with Gasteiger partial charge in [0.1, 0.15) is 18.2 Å². The number of halogens is 3. The zero-order chi connectivity index (χ0) is 17.6. The Hall–Kier alpha value is -2.04. The molecule has 3 aromatic rings. The molecule has 0 unspecified atom stereocenters. The summed E-state index contributed by atoms with van der Waals surface area (Å²) in [4.78, 5) is 0.